The molecule has 0 spiro atoms. The van der Waals surface area contributed by atoms with E-state index in [0.717, 1.165) is 18.4 Å². The largest absolute Gasteiger partial charge is 0.350 e. The molecular formula is C15H25N5O. The summed E-state index contributed by atoms with van der Waals surface area (Å²) in [7, 11) is 1.72. The number of fused-ring (bicyclic) bond motifs is 2. The second-order valence-corrected chi connectivity index (χ2v) is 7.12. The molecule has 116 valence electrons. The molecule has 3 atom stereocenters. The van der Waals surface area contributed by atoms with Crippen molar-refractivity contribution in [3.63, 3.8) is 0 Å². The van der Waals surface area contributed by atoms with Crippen LogP contribution in [-0.2, 0) is 13.6 Å². The third-order valence-electron chi connectivity index (χ3n) is 5.84. The molecule has 0 saturated heterocycles. The molecule has 0 aromatic carbocycles. The predicted octanol–water partition coefficient (Wildman–Crippen LogP) is 1.08. The Morgan fingerprint density at radius 1 is 1.48 bits per heavy atom. The predicted molar refractivity (Wildman–Crippen MR) is 79.3 cm³/mol. The normalized spacial score (nSPS) is 29.8. The average molecular weight is 291 g/mol. The second kappa shape index (κ2) is 5.09. The molecule has 0 aliphatic heterocycles. The van der Waals surface area contributed by atoms with Crippen molar-refractivity contribution in [1.29, 1.82) is 0 Å². The van der Waals surface area contributed by atoms with Crippen LogP contribution in [0.5, 0.6) is 0 Å². The third-order valence-corrected chi connectivity index (χ3v) is 5.84. The Labute approximate surface area is 125 Å². The van der Waals surface area contributed by atoms with Gasteiger partial charge in [-0.1, -0.05) is 19.1 Å². The number of aromatic nitrogens is 3. The fraction of sp³-hybridized carbons (Fsp3) is 0.800. The summed E-state index contributed by atoms with van der Waals surface area (Å²) >= 11 is 0. The van der Waals surface area contributed by atoms with Crippen LogP contribution in [0.4, 0.5) is 0 Å². The third kappa shape index (κ3) is 2.25. The fourth-order valence-electron chi connectivity index (χ4n) is 4.50. The Kier molecular flexibility index (Phi) is 3.51. The molecule has 6 heteroatoms. The Morgan fingerprint density at radius 2 is 2.24 bits per heavy atom. The van der Waals surface area contributed by atoms with Crippen LogP contribution in [0.3, 0.4) is 0 Å². The summed E-state index contributed by atoms with van der Waals surface area (Å²) in [6, 6.07) is 0. The van der Waals surface area contributed by atoms with Gasteiger partial charge in [0.25, 0.3) is 5.91 Å². The number of nitrogens with one attached hydrogen (secondary N) is 1. The topological polar surface area (TPSA) is 85.8 Å². The lowest BCUT2D eigenvalue weighted by Crippen LogP contribution is -2.40. The maximum atomic E-state index is 12.4. The van der Waals surface area contributed by atoms with Crippen LogP contribution in [0.25, 0.3) is 0 Å². The number of carbonyl (C=O) groups excluding carboxylic acids is 1. The van der Waals surface area contributed by atoms with Crippen LogP contribution in [0.1, 0.15) is 49.3 Å². The number of aryl methyl sites for hydroxylation is 1. The van der Waals surface area contributed by atoms with Crippen molar-refractivity contribution in [2.75, 3.05) is 6.54 Å². The summed E-state index contributed by atoms with van der Waals surface area (Å²) in [6.45, 7) is 5.67. The lowest BCUT2D eigenvalue weighted by Gasteiger charge is -2.38. The van der Waals surface area contributed by atoms with Gasteiger partial charge in [-0.15, -0.1) is 5.10 Å². The van der Waals surface area contributed by atoms with E-state index in [9.17, 15) is 4.79 Å². The number of hydrogen-bond acceptors (Lipinski definition) is 4. The molecule has 0 radical (unpaired) electrons. The highest BCUT2D eigenvalue weighted by Gasteiger charge is 2.52. The lowest BCUT2D eigenvalue weighted by molar-refractivity contribution is 0.0870. The van der Waals surface area contributed by atoms with E-state index < -0.39 is 0 Å². The first-order chi connectivity index (χ1) is 9.95. The highest BCUT2D eigenvalue weighted by atomic mass is 16.2. The fourth-order valence-corrected chi connectivity index (χ4v) is 4.50. The number of nitrogens with zero attached hydrogens (tertiary/aromatic N) is 3. The molecule has 1 aromatic heterocycles. The monoisotopic (exact) mass is 291 g/mol. The minimum absolute atomic E-state index is 0.110. The number of hydrogen-bond donors (Lipinski definition) is 2. The van der Waals surface area contributed by atoms with Gasteiger partial charge >= 0.3 is 0 Å². The highest BCUT2D eigenvalue weighted by molar-refractivity contribution is 5.93. The van der Waals surface area contributed by atoms with Crippen molar-refractivity contribution in [3.05, 3.63) is 11.4 Å². The van der Waals surface area contributed by atoms with Gasteiger partial charge in [0, 0.05) is 20.1 Å². The van der Waals surface area contributed by atoms with Crippen molar-refractivity contribution < 1.29 is 4.79 Å². The van der Waals surface area contributed by atoms with Crippen molar-refractivity contribution in [2.45, 2.75) is 39.7 Å². The molecule has 3 unspecified atom stereocenters. The number of rotatable bonds is 4. The van der Waals surface area contributed by atoms with Crippen LogP contribution in [0, 0.1) is 23.2 Å². The highest BCUT2D eigenvalue weighted by Crippen LogP contribution is 2.58. The van der Waals surface area contributed by atoms with E-state index in [2.05, 4.69) is 29.5 Å². The van der Waals surface area contributed by atoms with E-state index in [-0.39, 0.29) is 12.5 Å². The molecule has 2 bridgehead atoms. The summed E-state index contributed by atoms with van der Waals surface area (Å²) in [5.41, 5.74) is 6.99. The number of nitrogens with two attached hydrogens (primary N) is 1. The van der Waals surface area contributed by atoms with Gasteiger partial charge in [-0.2, -0.15) is 0 Å². The first-order valence-electron chi connectivity index (χ1n) is 7.82. The summed E-state index contributed by atoms with van der Waals surface area (Å²) in [4.78, 5) is 12.4. The van der Waals surface area contributed by atoms with Crippen molar-refractivity contribution in [2.24, 2.45) is 36.0 Å². The van der Waals surface area contributed by atoms with Crippen LogP contribution in [0.2, 0.25) is 0 Å². The van der Waals surface area contributed by atoms with Crippen LogP contribution < -0.4 is 11.1 Å². The zero-order chi connectivity index (χ0) is 15.2. The Bertz CT molecular complexity index is 550. The van der Waals surface area contributed by atoms with Gasteiger partial charge < -0.3 is 11.1 Å². The molecular weight excluding hydrogens is 266 g/mol. The van der Waals surface area contributed by atoms with Gasteiger partial charge in [-0.05, 0) is 42.4 Å². The molecule has 1 heterocycles. The Morgan fingerprint density at radius 3 is 2.86 bits per heavy atom. The van der Waals surface area contributed by atoms with E-state index in [1.54, 1.807) is 7.05 Å². The van der Waals surface area contributed by atoms with E-state index in [1.807, 2.05) is 0 Å². The smallest absolute Gasteiger partial charge is 0.271 e. The number of carbonyl (C=O) groups is 1. The quantitative estimate of drug-likeness (QED) is 0.869. The maximum Gasteiger partial charge on any atom is 0.271 e. The molecule has 3 N–H and O–H groups in total. The molecule has 2 aliphatic rings. The van der Waals surface area contributed by atoms with Crippen molar-refractivity contribution in [1.82, 2.24) is 20.3 Å². The molecule has 2 fully saturated rings. The van der Waals surface area contributed by atoms with E-state index in [1.165, 1.54) is 23.9 Å². The van der Waals surface area contributed by atoms with Crippen molar-refractivity contribution >= 4 is 5.91 Å². The van der Waals surface area contributed by atoms with Gasteiger partial charge in [-0.25, -0.2) is 4.68 Å². The van der Waals surface area contributed by atoms with Gasteiger partial charge in [0.1, 0.15) is 5.69 Å². The molecule has 1 aromatic rings. The van der Waals surface area contributed by atoms with Crippen LogP contribution >= 0.6 is 0 Å². The van der Waals surface area contributed by atoms with Gasteiger partial charge in [-0.3, -0.25) is 4.79 Å². The van der Waals surface area contributed by atoms with E-state index in [0.29, 0.717) is 22.7 Å². The van der Waals surface area contributed by atoms with Gasteiger partial charge in [0.2, 0.25) is 0 Å². The Balaban J connectivity index is 1.68. The van der Waals surface area contributed by atoms with Crippen LogP contribution in [0.15, 0.2) is 0 Å². The van der Waals surface area contributed by atoms with Crippen LogP contribution in [-0.4, -0.2) is 27.4 Å². The molecule has 2 aliphatic carbocycles. The van der Waals surface area contributed by atoms with Gasteiger partial charge in [0.15, 0.2) is 5.69 Å². The molecule has 21 heavy (non-hydrogen) atoms. The zero-order valence-electron chi connectivity index (χ0n) is 13.1. The molecule has 3 rings (SSSR count). The minimum atomic E-state index is -0.110. The lowest BCUT2D eigenvalue weighted by atomic mass is 9.69. The first kappa shape index (κ1) is 14.5. The van der Waals surface area contributed by atoms with E-state index in [4.69, 9.17) is 5.73 Å². The van der Waals surface area contributed by atoms with Gasteiger partial charge in [0.05, 0.1) is 0 Å². The zero-order valence-corrected chi connectivity index (χ0v) is 13.1. The average Bonchev–Trinajstić information content (AvgIpc) is 3.09. The molecule has 6 nitrogen and oxygen atoms in total. The molecule has 1 amide bonds. The SMILES string of the molecule is Cn1nnc(CN)c1C(=O)NCC1C2CCC(C2)C1(C)C. The first-order valence-corrected chi connectivity index (χ1v) is 7.82. The standard InChI is InChI=1S/C15H25N5O/c1-15(2)10-5-4-9(6-10)11(15)8-17-14(21)13-12(7-16)18-19-20(13)3/h9-11H,4-8,16H2,1-3H3,(H,17,21). The summed E-state index contributed by atoms with van der Waals surface area (Å²) < 4.78 is 1.50. The second-order valence-electron chi connectivity index (χ2n) is 7.12. The minimum Gasteiger partial charge on any atom is -0.350 e. The van der Waals surface area contributed by atoms with Crippen molar-refractivity contribution in [3.8, 4) is 0 Å². The summed E-state index contributed by atoms with van der Waals surface area (Å²) in [5.74, 6) is 2.05. The number of amides is 1. The Hall–Kier alpha value is -1.43. The van der Waals surface area contributed by atoms with E-state index >= 15 is 0 Å². The summed E-state index contributed by atoms with van der Waals surface area (Å²) in [6.07, 6.45) is 4.00. The summed E-state index contributed by atoms with van der Waals surface area (Å²) in [5, 5.41) is 10.9. The molecule has 2 saturated carbocycles. The maximum absolute atomic E-state index is 12.4.